The van der Waals surface area contributed by atoms with Crippen molar-refractivity contribution in [1.82, 2.24) is 9.55 Å². The van der Waals surface area contributed by atoms with Gasteiger partial charge in [-0.1, -0.05) is 48.5 Å². The lowest BCUT2D eigenvalue weighted by Gasteiger charge is -2.10. The Labute approximate surface area is 123 Å². The monoisotopic (exact) mass is 270 g/mol. The molecule has 2 aromatic heterocycles. The van der Waals surface area contributed by atoms with Crippen molar-refractivity contribution >= 4 is 10.9 Å². The highest BCUT2D eigenvalue weighted by Gasteiger charge is 2.11. The van der Waals surface area contributed by atoms with Gasteiger partial charge in [0.2, 0.25) is 0 Å². The molecule has 4 aromatic rings. The number of nitrogens with zero attached hydrogens (tertiary/aromatic N) is 2. The fourth-order valence-electron chi connectivity index (χ4n) is 2.72. The van der Waals surface area contributed by atoms with E-state index in [1.165, 1.54) is 16.6 Å². The highest BCUT2D eigenvalue weighted by Crippen LogP contribution is 2.30. The third-order valence-electron chi connectivity index (χ3n) is 3.69. The number of benzene rings is 2. The molecule has 0 aliphatic rings. The minimum atomic E-state index is 1.13. The first-order chi connectivity index (χ1) is 10.4. The lowest BCUT2D eigenvalue weighted by Crippen LogP contribution is -1.96. The summed E-state index contributed by atoms with van der Waals surface area (Å²) in [4.78, 5) is 4.29. The van der Waals surface area contributed by atoms with Crippen LogP contribution in [-0.4, -0.2) is 9.55 Å². The maximum atomic E-state index is 4.29. The molecule has 0 saturated heterocycles. The highest BCUT2D eigenvalue weighted by molar-refractivity contribution is 5.88. The summed E-state index contributed by atoms with van der Waals surface area (Å²) in [6.07, 6.45) is 3.77. The third kappa shape index (κ3) is 2.01. The molecule has 2 heteroatoms. The van der Waals surface area contributed by atoms with Crippen molar-refractivity contribution in [3.63, 3.8) is 0 Å². The number of para-hydroxylation sites is 1. The molecule has 0 saturated carbocycles. The Morgan fingerprint density at radius 3 is 2.24 bits per heavy atom. The van der Waals surface area contributed by atoms with Crippen molar-refractivity contribution in [3.8, 4) is 16.9 Å². The predicted molar refractivity (Wildman–Crippen MR) is 86.5 cm³/mol. The molecule has 2 aromatic carbocycles. The second-order valence-corrected chi connectivity index (χ2v) is 5.00. The number of aromatic nitrogens is 2. The largest absolute Gasteiger partial charge is 0.308 e. The first-order valence-corrected chi connectivity index (χ1v) is 7.00. The summed E-state index contributed by atoms with van der Waals surface area (Å²) in [6, 6.07) is 25.1. The van der Waals surface area contributed by atoms with Crippen molar-refractivity contribution in [2.75, 3.05) is 0 Å². The van der Waals surface area contributed by atoms with Gasteiger partial charge in [-0.05, 0) is 29.8 Å². The number of rotatable bonds is 2. The summed E-state index contributed by atoms with van der Waals surface area (Å²) in [7, 11) is 0. The molecule has 0 aliphatic carbocycles. The van der Waals surface area contributed by atoms with E-state index < -0.39 is 0 Å². The smallest absolute Gasteiger partial charge is 0.0718 e. The molecule has 4 rings (SSSR count). The van der Waals surface area contributed by atoms with Crippen LogP contribution in [0.1, 0.15) is 0 Å². The molecular formula is C19H14N2. The molecule has 0 fully saturated rings. The quantitative estimate of drug-likeness (QED) is 0.516. The summed E-state index contributed by atoms with van der Waals surface area (Å²) in [6.45, 7) is 0. The van der Waals surface area contributed by atoms with Gasteiger partial charge in [-0.15, -0.1) is 0 Å². The molecular weight excluding hydrogens is 256 g/mol. The Hall–Kier alpha value is -2.87. The van der Waals surface area contributed by atoms with Gasteiger partial charge in [0.1, 0.15) is 0 Å². The van der Waals surface area contributed by atoms with E-state index in [1.54, 1.807) is 0 Å². The Morgan fingerprint density at radius 2 is 1.48 bits per heavy atom. The van der Waals surface area contributed by atoms with Crippen LogP contribution in [0.5, 0.6) is 0 Å². The first kappa shape index (κ1) is 11.9. The van der Waals surface area contributed by atoms with E-state index >= 15 is 0 Å². The molecule has 0 aliphatic heterocycles. The lowest BCUT2D eigenvalue weighted by molar-refractivity contribution is 1.12. The summed E-state index contributed by atoms with van der Waals surface area (Å²) in [5, 5.41) is 1.20. The van der Waals surface area contributed by atoms with Crippen molar-refractivity contribution in [2.45, 2.75) is 0 Å². The first-order valence-electron chi connectivity index (χ1n) is 7.00. The molecule has 0 spiro atoms. The van der Waals surface area contributed by atoms with E-state index in [1.807, 2.05) is 24.5 Å². The molecule has 0 amide bonds. The van der Waals surface area contributed by atoms with Crippen molar-refractivity contribution < 1.29 is 0 Å². The molecule has 21 heavy (non-hydrogen) atoms. The summed E-state index contributed by atoms with van der Waals surface area (Å²) >= 11 is 0. The Balaban J connectivity index is 2.07. The van der Waals surface area contributed by atoms with E-state index in [9.17, 15) is 0 Å². The van der Waals surface area contributed by atoms with Crippen molar-refractivity contribution in [1.29, 1.82) is 0 Å². The van der Waals surface area contributed by atoms with Crippen molar-refractivity contribution in [2.24, 2.45) is 0 Å². The van der Waals surface area contributed by atoms with E-state index in [2.05, 4.69) is 70.2 Å². The number of pyridine rings is 1. The number of fused-ring (bicyclic) bond motifs is 1. The van der Waals surface area contributed by atoms with Gasteiger partial charge in [-0.25, -0.2) is 0 Å². The van der Waals surface area contributed by atoms with E-state index in [0.717, 1.165) is 11.2 Å². The average molecular weight is 270 g/mol. The lowest BCUT2D eigenvalue weighted by atomic mass is 10.1. The predicted octanol–water partition coefficient (Wildman–Crippen LogP) is 4.69. The minimum absolute atomic E-state index is 1.13. The summed E-state index contributed by atoms with van der Waals surface area (Å²) in [5.74, 6) is 0. The van der Waals surface area contributed by atoms with Crippen LogP contribution in [0, 0.1) is 0 Å². The SMILES string of the molecule is c1ccc(-c2cc3ccncc3n2-c2ccccc2)cc1. The van der Waals surface area contributed by atoms with Gasteiger partial charge < -0.3 is 4.57 Å². The second kappa shape index (κ2) is 4.91. The average Bonchev–Trinajstić information content (AvgIpc) is 2.96. The third-order valence-corrected chi connectivity index (χ3v) is 3.69. The molecule has 0 bridgehead atoms. The number of hydrogen-bond donors (Lipinski definition) is 0. The molecule has 0 unspecified atom stereocenters. The van der Waals surface area contributed by atoms with E-state index in [4.69, 9.17) is 0 Å². The van der Waals surface area contributed by atoms with Crippen LogP contribution in [0.2, 0.25) is 0 Å². The second-order valence-electron chi connectivity index (χ2n) is 5.00. The van der Waals surface area contributed by atoms with E-state index in [0.29, 0.717) is 0 Å². The van der Waals surface area contributed by atoms with Crippen LogP contribution in [0.3, 0.4) is 0 Å². The van der Waals surface area contributed by atoms with Crippen LogP contribution in [0.4, 0.5) is 0 Å². The van der Waals surface area contributed by atoms with Gasteiger partial charge in [0.05, 0.1) is 17.4 Å². The molecule has 0 radical (unpaired) electrons. The molecule has 2 heterocycles. The maximum Gasteiger partial charge on any atom is 0.0718 e. The van der Waals surface area contributed by atoms with Crippen LogP contribution in [0.25, 0.3) is 27.8 Å². The normalized spacial score (nSPS) is 10.9. The van der Waals surface area contributed by atoms with Gasteiger partial charge in [0.25, 0.3) is 0 Å². The van der Waals surface area contributed by atoms with Gasteiger partial charge >= 0.3 is 0 Å². The van der Waals surface area contributed by atoms with Gasteiger partial charge in [0.15, 0.2) is 0 Å². The zero-order chi connectivity index (χ0) is 14.1. The summed E-state index contributed by atoms with van der Waals surface area (Å²) in [5.41, 5.74) is 4.67. The van der Waals surface area contributed by atoms with E-state index in [-0.39, 0.29) is 0 Å². The van der Waals surface area contributed by atoms with Crippen LogP contribution >= 0.6 is 0 Å². The topological polar surface area (TPSA) is 17.8 Å². The highest BCUT2D eigenvalue weighted by atomic mass is 15.0. The Bertz CT molecular complexity index is 877. The fraction of sp³-hybridized carbons (Fsp3) is 0. The van der Waals surface area contributed by atoms with Gasteiger partial charge in [-0.2, -0.15) is 0 Å². The summed E-state index contributed by atoms with van der Waals surface area (Å²) < 4.78 is 2.26. The fourth-order valence-corrected chi connectivity index (χ4v) is 2.72. The van der Waals surface area contributed by atoms with Gasteiger partial charge in [0, 0.05) is 17.3 Å². The zero-order valence-corrected chi connectivity index (χ0v) is 11.5. The minimum Gasteiger partial charge on any atom is -0.308 e. The zero-order valence-electron chi connectivity index (χ0n) is 11.5. The van der Waals surface area contributed by atoms with Crippen LogP contribution < -0.4 is 0 Å². The molecule has 2 nitrogen and oxygen atoms in total. The molecule has 100 valence electrons. The number of hydrogen-bond acceptors (Lipinski definition) is 1. The molecule has 0 N–H and O–H groups in total. The maximum absolute atomic E-state index is 4.29. The van der Waals surface area contributed by atoms with Gasteiger partial charge in [-0.3, -0.25) is 4.98 Å². The van der Waals surface area contributed by atoms with Crippen LogP contribution in [-0.2, 0) is 0 Å². The van der Waals surface area contributed by atoms with Crippen LogP contribution in [0.15, 0.2) is 85.2 Å². The molecule has 0 atom stereocenters. The Morgan fingerprint density at radius 1 is 0.762 bits per heavy atom. The Kier molecular flexibility index (Phi) is 2.79. The standard InChI is InChI=1S/C19H14N2/c1-3-7-15(8-4-1)18-13-16-11-12-20-14-19(16)21(18)17-9-5-2-6-10-17/h1-14H. The van der Waals surface area contributed by atoms with Crippen molar-refractivity contribution in [3.05, 3.63) is 85.2 Å².